The summed E-state index contributed by atoms with van der Waals surface area (Å²) in [6, 6.07) is 15.3. The molecule has 0 radical (unpaired) electrons. The van der Waals surface area contributed by atoms with E-state index < -0.39 is 17.6 Å². The minimum Gasteiger partial charge on any atom is -0.454 e. The molecule has 3 aromatic carbocycles. The summed E-state index contributed by atoms with van der Waals surface area (Å²) in [5.41, 5.74) is 0.403. The standard InChI is InChI=1S/C26H22F4N4O2/c1-16-15-33(12-13-34(16)25(35)31-19-9-7-18(27)8-10-19)24-20-4-2-3-5-22(20)36-23-11-6-17(26(28,29)30)14-21(23)32-24/h2-11,14,16H,12-13,15H2,1H3,(H,31,35)/t16-/m0/s1. The van der Waals surface area contributed by atoms with Gasteiger partial charge in [-0.2, -0.15) is 13.2 Å². The van der Waals surface area contributed by atoms with Crippen LogP contribution < -0.4 is 10.1 Å². The fourth-order valence-electron chi connectivity index (χ4n) is 4.32. The number of aliphatic imine (C=N–C) groups is 1. The first-order valence-corrected chi connectivity index (χ1v) is 11.3. The number of nitrogens with zero attached hydrogens (tertiary/aromatic N) is 3. The number of carbonyl (C=O) groups is 1. The number of para-hydroxylation sites is 1. The van der Waals surface area contributed by atoms with E-state index in [1.165, 1.54) is 30.3 Å². The van der Waals surface area contributed by atoms with Crippen LogP contribution in [0.25, 0.3) is 0 Å². The van der Waals surface area contributed by atoms with E-state index in [9.17, 15) is 22.4 Å². The van der Waals surface area contributed by atoms with Crippen molar-refractivity contribution in [1.82, 2.24) is 9.80 Å². The molecule has 1 atom stereocenters. The van der Waals surface area contributed by atoms with Crippen LogP contribution in [0.15, 0.2) is 71.7 Å². The van der Waals surface area contributed by atoms with E-state index in [4.69, 9.17) is 4.74 Å². The van der Waals surface area contributed by atoms with Crippen LogP contribution in [-0.4, -0.2) is 47.3 Å². The lowest BCUT2D eigenvalue weighted by Crippen LogP contribution is -2.56. The molecule has 3 aromatic rings. The summed E-state index contributed by atoms with van der Waals surface area (Å²) in [5, 5.41) is 2.77. The Bertz CT molecular complexity index is 1320. The van der Waals surface area contributed by atoms with E-state index in [1.54, 1.807) is 17.0 Å². The zero-order valence-corrected chi connectivity index (χ0v) is 19.2. The van der Waals surface area contributed by atoms with Crippen molar-refractivity contribution in [3.8, 4) is 11.5 Å². The number of amides is 2. The third kappa shape index (κ3) is 4.71. The van der Waals surface area contributed by atoms with Gasteiger partial charge in [-0.1, -0.05) is 12.1 Å². The topological polar surface area (TPSA) is 57.2 Å². The van der Waals surface area contributed by atoms with Gasteiger partial charge in [-0.25, -0.2) is 14.2 Å². The van der Waals surface area contributed by atoms with Gasteiger partial charge in [0.15, 0.2) is 5.75 Å². The van der Waals surface area contributed by atoms with Crippen LogP contribution in [0.5, 0.6) is 11.5 Å². The molecular weight excluding hydrogens is 476 g/mol. The van der Waals surface area contributed by atoms with Crippen molar-refractivity contribution in [1.29, 1.82) is 0 Å². The number of amidine groups is 1. The molecule has 0 saturated carbocycles. The third-order valence-corrected chi connectivity index (χ3v) is 6.14. The number of nitrogens with one attached hydrogen (secondary N) is 1. The number of hydrogen-bond donors (Lipinski definition) is 1. The Hall–Kier alpha value is -4.08. The first-order valence-electron chi connectivity index (χ1n) is 11.3. The van der Waals surface area contributed by atoms with Crippen LogP contribution in [0.1, 0.15) is 18.1 Å². The molecule has 1 N–H and O–H groups in total. The highest BCUT2D eigenvalue weighted by Gasteiger charge is 2.34. The van der Waals surface area contributed by atoms with Gasteiger partial charge in [0.25, 0.3) is 0 Å². The molecular formula is C26H22F4N4O2. The molecule has 5 rings (SSSR count). The summed E-state index contributed by atoms with van der Waals surface area (Å²) in [7, 11) is 0. The average Bonchev–Trinajstić information content (AvgIpc) is 3.01. The number of urea groups is 1. The van der Waals surface area contributed by atoms with Crippen LogP contribution in [0.3, 0.4) is 0 Å². The number of anilines is 1. The monoisotopic (exact) mass is 498 g/mol. The van der Waals surface area contributed by atoms with E-state index in [-0.39, 0.29) is 23.5 Å². The molecule has 6 nitrogen and oxygen atoms in total. The highest BCUT2D eigenvalue weighted by molar-refractivity contribution is 6.04. The first kappa shape index (κ1) is 23.7. The van der Waals surface area contributed by atoms with E-state index in [2.05, 4.69) is 10.3 Å². The molecule has 0 unspecified atom stereocenters. The Morgan fingerprint density at radius 2 is 1.78 bits per heavy atom. The highest BCUT2D eigenvalue weighted by Crippen LogP contribution is 2.41. The van der Waals surface area contributed by atoms with Gasteiger partial charge in [0.1, 0.15) is 23.1 Å². The largest absolute Gasteiger partial charge is 0.454 e. The Labute approximate surface area is 204 Å². The third-order valence-electron chi connectivity index (χ3n) is 6.14. The minimum atomic E-state index is -4.51. The van der Waals surface area contributed by atoms with E-state index in [0.717, 1.165) is 12.1 Å². The Morgan fingerprint density at radius 1 is 1.03 bits per heavy atom. The molecule has 2 heterocycles. The molecule has 1 fully saturated rings. The molecule has 36 heavy (non-hydrogen) atoms. The number of piperazine rings is 1. The van der Waals surface area contributed by atoms with E-state index in [0.29, 0.717) is 42.5 Å². The van der Waals surface area contributed by atoms with Crippen LogP contribution in [0.2, 0.25) is 0 Å². The van der Waals surface area contributed by atoms with Crippen LogP contribution in [-0.2, 0) is 6.18 Å². The number of alkyl halides is 3. The lowest BCUT2D eigenvalue weighted by Gasteiger charge is -2.41. The first-order chi connectivity index (χ1) is 17.2. The molecule has 186 valence electrons. The average molecular weight is 498 g/mol. The van der Waals surface area contributed by atoms with E-state index in [1.807, 2.05) is 24.0 Å². The number of benzene rings is 3. The quantitative estimate of drug-likeness (QED) is 0.403. The number of fused-ring (bicyclic) bond motifs is 2. The molecule has 10 heteroatoms. The fourth-order valence-corrected chi connectivity index (χ4v) is 4.32. The second-order valence-corrected chi connectivity index (χ2v) is 8.64. The maximum atomic E-state index is 13.4. The van der Waals surface area contributed by atoms with Gasteiger partial charge < -0.3 is 19.9 Å². The van der Waals surface area contributed by atoms with Crippen LogP contribution in [0.4, 0.5) is 33.7 Å². The van der Waals surface area contributed by atoms with Gasteiger partial charge in [-0.3, -0.25) is 0 Å². The summed E-state index contributed by atoms with van der Waals surface area (Å²) in [6.07, 6.45) is -4.51. The van der Waals surface area contributed by atoms with Gasteiger partial charge in [0.05, 0.1) is 11.1 Å². The smallest absolute Gasteiger partial charge is 0.416 e. The lowest BCUT2D eigenvalue weighted by molar-refractivity contribution is -0.137. The zero-order valence-electron chi connectivity index (χ0n) is 19.2. The van der Waals surface area contributed by atoms with Crippen molar-refractivity contribution in [2.24, 2.45) is 4.99 Å². The molecule has 1 saturated heterocycles. The summed E-state index contributed by atoms with van der Waals surface area (Å²) in [5.74, 6) is 0.802. The van der Waals surface area contributed by atoms with Gasteiger partial charge in [0, 0.05) is 31.4 Å². The van der Waals surface area contributed by atoms with Gasteiger partial charge in [-0.15, -0.1) is 0 Å². The Kier molecular flexibility index (Phi) is 6.03. The summed E-state index contributed by atoms with van der Waals surface area (Å²) in [4.78, 5) is 21.1. The van der Waals surface area contributed by atoms with Crippen molar-refractivity contribution >= 4 is 23.2 Å². The molecule has 2 aliphatic rings. The Morgan fingerprint density at radius 3 is 2.50 bits per heavy atom. The van der Waals surface area contributed by atoms with Crippen molar-refractivity contribution in [2.45, 2.75) is 19.1 Å². The Balaban J connectivity index is 1.42. The SMILES string of the molecule is C[C@H]1CN(C2=Nc3cc(C(F)(F)F)ccc3Oc3ccccc32)CCN1C(=O)Nc1ccc(F)cc1. The maximum absolute atomic E-state index is 13.4. The number of rotatable bonds is 1. The molecule has 0 bridgehead atoms. The van der Waals surface area contributed by atoms with Crippen molar-refractivity contribution in [3.63, 3.8) is 0 Å². The van der Waals surface area contributed by atoms with Gasteiger partial charge in [-0.05, 0) is 61.5 Å². The number of ether oxygens (including phenoxy) is 1. The predicted molar refractivity (Wildman–Crippen MR) is 127 cm³/mol. The maximum Gasteiger partial charge on any atom is 0.416 e. The minimum absolute atomic E-state index is 0.0835. The molecule has 0 spiro atoms. The molecule has 0 aliphatic carbocycles. The molecule has 2 amide bonds. The van der Waals surface area contributed by atoms with Gasteiger partial charge >= 0.3 is 12.2 Å². The predicted octanol–water partition coefficient (Wildman–Crippen LogP) is 6.27. The number of carbonyl (C=O) groups excluding carboxylic acids is 1. The van der Waals surface area contributed by atoms with E-state index >= 15 is 0 Å². The zero-order chi connectivity index (χ0) is 25.4. The summed E-state index contributed by atoms with van der Waals surface area (Å²) >= 11 is 0. The van der Waals surface area contributed by atoms with Crippen molar-refractivity contribution < 1.29 is 27.1 Å². The second kappa shape index (κ2) is 9.18. The van der Waals surface area contributed by atoms with Crippen LogP contribution >= 0.6 is 0 Å². The summed E-state index contributed by atoms with van der Waals surface area (Å²) < 4.78 is 59.2. The number of halogens is 4. The van der Waals surface area contributed by atoms with Crippen LogP contribution in [0, 0.1) is 5.82 Å². The van der Waals surface area contributed by atoms with Crippen molar-refractivity contribution in [3.05, 3.63) is 83.7 Å². The summed E-state index contributed by atoms with van der Waals surface area (Å²) in [6.45, 7) is 3.04. The highest BCUT2D eigenvalue weighted by atomic mass is 19.4. The van der Waals surface area contributed by atoms with Crippen molar-refractivity contribution in [2.75, 3.05) is 25.0 Å². The fraction of sp³-hybridized carbons (Fsp3) is 0.231. The lowest BCUT2D eigenvalue weighted by atomic mass is 10.1. The normalized spacial score (nSPS) is 17.4. The second-order valence-electron chi connectivity index (χ2n) is 8.64. The molecule has 0 aromatic heterocycles. The van der Waals surface area contributed by atoms with Gasteiger partial charge in [0.2, 0.25) is 0 Å². The molecule has 2 aliphatic heterocycles. The number of hydrogen-bond acceptors (Lipinski definition) is 4.